The third kappa shape index (κ3) is 5.08. The van der Waals surface area contributed by atoms with Gasteiger partial charge in [-0.15, -0.1) is 0 Å². The third-order valence-electron chi connectivity index (χ3n) is 4.45. The van der Waals surface area contributed by atoms with Crippen molar-refractivity contribution in [3.63, 3.8) is 0 Å². The van der Waals surface area contributed by atoms with E-state index in [1.165, 1.54) is 42.2 Å². The Morgan fingerprint density at radius 2 is 1.85 bits per heavy atom. The molecule has 0 aliphatic rings. The van der Waals surface area contributed by atoms with Gasteiger partial charge in [-0.3, -0.25) is 9.38 Å². The molecule has 0 aromatic carbocycles. The zero-order chi connectivity index (χ0) is 24.0. The molecule has 4 aromatic rings. The Morgan fingerprint density at radius 3 is 2.52 bits per heavy atom. The van der Waals surface area contributed by atoms with Crippen LogP contribution in [0.15, 0.2) is 52.9 Å². The zero-order valence-corrected chi connectivity index (χ0v) is 19.7. The highest BCUT2D eigenvalue weighted by Crippen LogP contribution is 2.36. The molecule has 0 N–H and O–H groups in total. The maximum atomic E-state index is 12.8. The number of hydrogen-bond acceptors (Lipinski definition) is 7. The van der Waals surface area contributed by atoms with E-state index in [4.69, 9.17) is 23.2 Å². The number of aromatic nitrogens is 5. The molecule has 0 bridgehead atoms. The van der Waals surface area contributed by atoms with Crippen molar-refractivity contribution >= 4 is 50.4 Å². The van der Waals surface area contributed by atoms with E-state index in [1.54, 1.807) is 6.07 Å². The first kappa shape index (κ1) is 23.7. The maximum absolute atomic E-state index is 12.8. The summed E-state index contributed by atoms with van der Waals surface area (Å²) >= 11 is 11.5. The van der Waals surface area contributed by atoms with Crippen LogP contribution in [0.5, 0.6) is 0 Å². The lowest BCUT2D eigenvalue weighted by Crippen LogP contribution is -2.07. The van der Waals surface area contributed by atoms with Gasteiger partial charge >= 0.3 is 5.51 Å². The Bertz CT molecular complexity index is 1480. The first-order valence-corrected chi connectivity index (χ1v) is 12.4. The zero-order valence-electron chi connectivity index (χ0n) is 16.5. The summed E-state index contributed by atoms with van der Waals surface area (Å²) in [5.41, 5.74) is -3.38. The predicted molar refractivity (Wildman–Crippen MR) is 119 cm³/mol. The van der Waals surface area contributed by atoms with Gasteiger partial charge in [0.05, 0.1) is 21.4 Å². The van der Waals surface area contributed by atoms with Crippen molar-refractivity contribution in [2.24, 2.45) is 0 Å². The number of hydrogen-bond donors (Lipinski definition) is 0. The van der Waals surface area contributed by atoms with Gasteiger partial charge in [0.25, 0.3) is 0 Å². The van der Waals surface area contributed by atoms with Crippen LogP contribution >= 0.6 is 35.0 Å². The van der Waals surface area contributed by atoms with Gasteiger partial charge in [0.1, 0.15) is 33.5 Å². The van der Waals surface area contributed by atoms with Crippen LogP contribution in [-0.2, 0) is 9.84 Å². The largest absolute Gasteiger partial charge is 0.447 e. The summed E-state index contributed by atoms with van der Waals surface area (Å²) in [6, 6.07) is 5.66. The van der Waals surface area contributed by atoms with Crippen molar-refractivity contribution in [2.75, 3.05) is 5.75 Å². The fraction of sp³-hybridized carbons (Fsp3) is 0.158. The highest BCUT2D eigenvalue weighted by atomic mass is 35.5. The monoisotopic (exact) mass is 533 g/mol. The van der Waals surface area contributed by atoms with Crippen LogP contribution in [0.1, 0.15) is 6.92 Å². The van der Waals surface area contributed by atoms with Gasteiger partial charge in [-0.2, -0.15) is 13.2 Å². The number of imidazole rings is 1. The number of thioether (sulfide) groups is 1. The Kier molecular flexibility index (Phi) is 6.29. The summed E-state index contributed by atoms with van der Waals surface area (Å²) < 4.78 is 65.0. The lowest BCUT2D eigenvalue weighted by atomic mass is 10.1. The van der Waals surface area contributed by atoms with E-state index >= 15 is 0 Å². The van der Waals surface area contributed by atoms with Gasteiger partial charge in [-0.1, -0.05) is 30.1 Å². The first-order chi connectivity index (χ1) is 15.5. The molecular weight excluding hydrogens is 522 g/mol. The molecule has 0 aliphatic carbocycles. The van der Waals surface area contributed by atoms with Crippen LogP contribution in [0.3, 0.4) is 0 Å². The molecule has 0 radical (unpaired) electrons. The summed E-state index contributed by atoms with van der Waals surface area (Å²) in [4.78, 5) is 16.4. The third-order valence-corrected chi connectivity index (χ3v) is 7.55. The molecule has 0 atom stereocenters. The molecule has 0 amide bonds. The lowest BCUT2D eigenvalue weighted by Gasteiger charge is -2.10. The molecule has 0 saturated carbocycles. The molecule has 172 valence electrons. The van der Waals surface area contributed by atoms with Crippen molar-refractivity contribution in [1.29, 1.82) is 0 Å². The van der Waals surface area contributed by atoms with E-state index in [1.807, 2.05) is 0 Å². The molecule has 0 fully saturated rings. The van der Waals surface area contributed by atoms with Crippen LogP contribution in [0.2, 0.25) is 10.2 Å². The quantitative estimate of drug-likeness (QED) is 0.188. The molecule has 4 heterocycles. The van der Waals surface area contributed by atoms with E-state index in [2.05, 4.69) is 19.9 Å². The summed E-state index contributed by atoms with van der Waals surface area (Å²) in [7, 11) is -3.76. The SMILES string of the molecule is CCS(=O)(=O)c1cc(-c2ccc(Cl)c(Cl)n2)cnc1-c1cn2cnc(SC(F)(F)F)cc2n1. The van der Waals surface area contributed by atoms with E-state index in [9.17, 15) is 21.6 Å². The van der Waals surface area contributed by atoms with Crippen molar-refractivity contribution in [2.45, 2.75) is 22.4 Å². The molecule has 0 unspecified atom stereocenters. The number of fused-ring (bicyclic) bond motifs is 1. The lowest BCUT2D eigenvalue weighted by molar-refractivity contribution is -0.0329. The van der Waals surface area contributed by atoms with Gasteiger partial charge < -0.3 is 0 Å². The van der Waals surface area contributed by atoms with Gasteiger partial charge in [0.2, 0.25) is 0 Å². The summed E-state index contributed by atoms with van der Waals surface area (Å²) in [5.74, 6) is -0.207. The average Bonchev–Trinajstić information content (AvgIpc) is 3.17. The normalized spacial score (nSPS) is 12.4. The van der Waals surface area contributed by atoms with Crippen LogP contribution in [0, 0.1) is 0 Å². The number of alkyl halides is 3. The second-order valence-electron chi connectivity index (χ2n) is 6.61. The minimum absolute atomic E-state index is 0.0504. The molecule has 0 saturated heterocycles. The van der Waals surface area contributed by atoms with Crippen molar-refractivity contribution in [1.82, 2.24) is 24.3 Å². The minimum Gasteiger partial charge on any atom is -0.290 e. The molecular formula is C19H12Cl2F3N5O2S2. The van der Waals surface area contributed by atoms with E-state index in [-0.39, 0.29) is 54.6 Å². The van der Waals surface area contributed by atoms with Crippen molar-refractivity contribution in [3.05, 3.63) is 53.2 Å². The molecule has 7 nitrogen and oxygen atoms in total. The molecule has 4 rings (SSSR count). The summed E-state index contributed by atoms with van der Waals surface area (Å²) in [6.45, 7) is 1.48. The number of rotatable bonds is 5. The topological polar surface area (TPSA) is 90.1 Å². The molecule has 0 spiro atoms. The van der Waals surface area contributed by atoms with Crippen LogP contribution in [-0.4, -0.2) is 44.0 Å². The van der Waals surface area contributed by atoms with E-state index < -0.39 is 15.3 Å². The van der Waals surface area contributed by atoms with Gasteiger partial charge in [0.15, 0.2) is 9.84 Å². The minimum atomic E-state index is -4.50. The number of halogens is 5. The van der Waals surface area contributed by atoms with Gasteiger partial charge in [0, 0.05) is 35.8 Å². The second kappa shape index (κ2) is 8.75. The highest BCUT2D eigenvalue weighted by molar-refractivity contribution is 8.00. The average molecular weight is 534 g/mol. The van der Waals surface area contributed by atoms with Crippen molar-refractivity contribution < 1.29 is 21.6 Å². The first-order valence-electron chi connectivity index (χ1n) is 9.13. The fourth-order valence-corrected chi connectivity index (χ4v) is 4.74. The fourth-order valence-electron chi connectivity index (χ4n) is 2.91. The Morgan fingerprint density at radius 1 is 1.09 bits per heavy atom. The van der Waals surface area contributed by atoms with Gasteiger partial charge in [-0.25, -0.2) is 23.4 Å². The Hall–Kier alpha value is -2.41. The van der Waals surface area contributed by atoms with Gasteiger partial charge in [-0.05, 0) is 18.2 Å². The number of sulfone groups is 1. The maximum Gasteiger partial charge on any atom is 0.447 e. The molecule has 33 heavy (non-hydrogen) atoms. The number of pyridine rings is 2. The smallest absolute Gasteiger partial charge is 0.290 e. The number of nitrogens with zero attached hydrogens (tertiary/aromatic N) is 5. The summed E-state index contributed by atoms with van der Waals surface area (Å²) in [5, 5.41) is 0.00819. The van der Waals surface area contributed by atoms with E-state index in [0.29, 0.717) is 11.3 Å². The van der Waals surface area contributed by atoms with Crippen LogP contribution < -0.4 is 0 Å². The Labute approximate surface area is 199 Å². The predicted octanol–water partition coefficient (Wildman–Crippen LogP) is 5.57. The van der Waals surface area contributed by atoms with Crippen molar-refractivity contribution in [3.8, 4) is 22.6 Å². The van der Waals surface area contributed by atoms with Crippen LogP contribution in [0.4, 0.5) is 13.2 Å². The Balaban J connectivity index is 1.84. The second-order valence-corrected chi connectivity index (χ2v) is 10.7. The standard InChI is InChI=1S/C19H12Cl2F3N5O2S2/c1-2-33(30,31)14-5-10(12-4-3-11(20)18(21)28-12)7-25-17(14)13-8-29-9-26-16(6-15(29)27-13)32-19(22,23)24/h3-9H,2H2,1H3. The molecule has 14 heteroatoms. The molecule has 4 aromatic heterocycles. The van der Waals surface area contributed by atoms with E-state index in [0.717, 1.165) is 6.07 Å². The van der Waals surface area contributed by atoms with Crippen LogP contribution in [0.25, 0.3) is 28.3 Å². The highest BCUT2D eigenvalue weighted by Gasteiger charge is 2.30. The summed E-state index contributed by atoms with van der Waals surface area (Å²) in [6.07, 6.45) is 4.02. The molecule has 0 aliphatic heterocycles.